The van der Waals surface area contributed by atoms with Crippen LogP contribution < -0.4 is 0 Å². The van der Waals surface area contributed by atoms with Crippen molar-refractivity contribution in [3.63, 3.8) is 0 Å². The summed E-state index contributed by atoms with van der Waals surface area (Å²) in [5.41, 5.74) is 1.05. The number of ether oxygens (including phenoxy) is 1. The van der Waals surface area contributed by atoms with Gasteiger partial charge < -0.3 is 24.7 Å². The molecule has 2 N–H and O–H groups in total. The minimum atomic E-state index is -2.45. The molecule has 0 bridgehead atoms. The number of amides is 1. The number of aromatic nitrogens is 2. The van der Waals surface area contributed by atoms with Gasteiger partial charge in [-0.2, -0.15) is 5.10 Å². The van der Waals surface area contributed by atoms with Crippen molar-refractivity contribution in [2.45, 2.75) is 56.8 Å². The van der Waals surface area contributed by atoms with Crippen molar-refractivity contribution in [3.8, 4) is 0 Å². The van der Waals surface area contributed by atoms with E-state index in [1.165, 1.54) is 0 Å². The van der Waals surface area contributed by atoms with Crippen LogP contribution in [0.4, 0.5) is 4.79 Å². The number of rotatable bonds is 4. The molecule has 1 spiro atoms. The first-order valence-corrected chi connectivity index (χ1v) is 10.2. The molecule has 3 aliphatic rings. The highest BCUT2D eigenvalue weighted by atomic mass is 16.6. The molecule has 1 aromatic heterocycles. The normalized spacial score (nSPS) is 29.2. The summed E-state index contributed by atoms with van der Waals surface area (Å²) < 4.78 is 6.24. The van der Waals surface area contributed by atoms with E-state index in [0.717, 1.165) is 68.7 Å². The molecule has 1 saturated carbocycles. The van der Waals surface area contributed by atoms with Crippen LogP contribution in [-0.4, -0.2) is 82.6 Å². The Balaban J connectivity index is 1.28. The van der Waals surface area contributed by atoms with E-state index in [2.05, 4.69) is 10.00 Å². The van der Waals surface area contributed by atoms with Crippen molar-refractivity contribution in [1.82, 2.24) is 19.6 Å². The highest BCUT2D eigenvalue weighted by Crippen LogP contribution is 2.51. The molecule has 2 radical (unpaired) electrons. The molecule has 3 fully saturated rings. The van der Waals surface area contributed by atoms with E-state index in [-0.39, 0.29) is 17.4 Å². The third-order valence-corrected chi connectivity index (χ3v) is 6.75. The highest BCUT2D eigenvalue weighted by molar-refractivity contribution is 6.11. The third-order valence-electron chi connectivity index (χ3n) is 6.75. The summed E-state index contributed by atoms with van der Waals surface area (Å²) in [5, 5.41) is 23.3. The maximum absolute atomic E-state index is 11.9. The lowest BCUT2D eigenvalue weighted by Crippen LogP contribution is -2.54. The molecule has 1 aromatic rings. The average Bonchev–Trinajstić information content (AvgIpc) is 3.28. The van der Waals surface area contributed by atoms with Gasteiger partial charge in [0.05, 0.1) is 6.61 Å². The number of aliphatic hydroxyl groups is 2. The summed E-state index contributed by atoms with van der Waals surface area (Å²) >= 11 is 0. The summed E-state index contributed by atoms with van der Waals surface area (Å²) in [6, 6.07) is 2.40. The number of hydrogen-bond donors (Lipinski definition) is 2. The van der Waals surface area contributed by atoms with E-state index in [0.29, 0.717) is 12.6 Å². The summed E-state index contributed by atoms with van der Waals surface area (Å²) in [5.74, 6) is -2.23. The molecule has 28 heavy (non-hydrogen) atoms. The Hall–Kier alpha value is -1.58. The maximum Gasteiger partial charge on any atom is 0.409 e. The van der Waals surface area contributed by atoms with E-state index >= 15 is 0 Å². The topological polar surface area (TPSA) is 91.1 Å². The van der Waals surface area contributed by atoms with Crippen molar-refractivity contribution in [1.29, 1.82) is 0 Å². The Morgan fingerprint density at radius 3 is 2.71 bits per heavy atom. The number of piperidine rings is 1. The molecular formula is C19H29BN4O4. The number of likely N-dealkylation sites (tertiary alicyclic amines) is 2. The van der Waals surface area contributed by atoms with Gasteiger partial charge in [0.2, 0.25) is 5.81 Å². The van der Waals surface area contributed by atoms with Gasteiger partial charge in [-0.25, -0.2) is 9.48 Å². The van der Waals surface area contributed by atoms with Crippen LogP contribution in [0, 0.1) is 5.41 Å². The van der Waals surface area contributed by atoms with Crippen molar-refractivity contribution in [3.05, 3.63) is 18.0 Å². The minimum absolute atomic E-state index is 0.177. The van der Waals surface area contributed by atoms with Crippen LogP contribution >= 0.6 is 0 Å². The molecule has 1 aliphatic carbocycles. The van der Waals surface area contributed by atoms with Gasteiger partial charge in [-0.3, -0.25) is 0 Å². The first-order chi connectivity index (χ1) is 13.3. The summed E-state index contributed by atoms with van der Waals surface area (Å²) in [6.45, 7) is 5.86. The zero-order valence-electron chi connectivity index (χ0n) is 16.5. The maximum atomic E-state index is 11.9. The van der Waals surface area contributed by atoms with Gasteiger partial charge in [0.25, 0.3) is 0 Å². The SMILES string of the molecule is [B]C(O)(O)n1nccc1C1CCN(C2CC3(CCN(C(=O)OCC)C3)C2)CC1. The quantitative estimate of drug-likeness (QED) is 0.586. The lowest BCUT2D eigenvalue weighted by Gasteiger charge is -2.51. The van der Waals surface area contributed by atoms with E-state index in [4.69, 9.17) is 12.6 Å². The molecule has 0 unspecified atom stereocenters. The Morgan fingerprint density at radius 1 is 1.36 bits per heavy atom. The molecule has 2 aliphatic heterocycles. The summed E-state index contributed by atoms with van der Waals surface area (Å²) in [6.07, 6.45) is 6.63. The largest absolute Gasteiger partial charge is 0.450 e. The molecule has 9 heteroatoms. The van der Waals surface area contributed by atoms with E-state index in [9.17, 15) is 15.0 Å². The fraction of sp³-hybridized carbons (Fsp3) is 0.789. The van der Waals surface area contributed by atoms with Crippen molar-refractivity contribution in [2.75, 3.05) is 32.8 Å². The molecule has 3 heterocycles. The molecule has 2 saturated heterocycles. The average molecular weight is 388 g/mol. The lowest BCUT2D eigenvalue weighted by molar-refractivity contribution is -0.162. The highest BCUT2D eigenvalue weighted by Gasteiger charge is 2.51. The van der Waals surface area contributed by atoms with Crippen molar-refractivity contribution >= 4 is 13.9 Å². The van der Waals surface area contributed by atoms with Gasteiger partial charge in [-0.05, 0) is 63.6 Å². The smallest absolute Gasteiger partial charge is 0.409 e. The zero-order valence-corrected chi connectivity index (χ0v) is 16.5. The fourth-order valence-corrected chi connectivity index (χ4v) is 5.30. The number of nitrogens with zero attached hydrogens (tertiary/aromatic N) is 4. The molecular weight excluding hydrogens is 359 g/mol. The second-order valence-electron chi connectivity index (χ2n) is 8.60. The fourth-order valence-electron chi connectivity index (χ4n) is 5.30. The summed E-state index contributed by atoms with van der Waals surface area (Å²) in [7, 11) is 5.40. The van der Waals surface area contributed by atoms with E-state index < -0.39 is 5.81 Å². The van der Waals surface area contributed by atoms with Gasteiger partial charge >= 0.3 is 6.09 Å². The molecule has 8 nitrogen and oxygen atoms in total. The Kier molecular flexibility index (Phi) is 5.18. The predicted octanol–water partition coefficient (Wildman–Crippen LogP) is 0.794. The zero-order chi connectivity index (χ0) is 19.9. The van der Waals surface area contributed by atoms with Crippen LogP contribution in [0.5, 0.6) is 0 Å². The van der Waals surface area contributed by atoms with Crippen LogP contribution in [0.15, 0.2) is 12.3 Å². The standard InChI is InChI=1S/C19H29BN4O4/c1-2-28-17(25)23-10-6-18(13-23)11-15(12-18)22-8-4-14(5-9-22)16-3-7-21-24(16)19(20,26)27/h3,7,14-15,26-27H,2,4-6,8-13H2,1H3. The van der Waals surface area contributed by atoms with Crippen LogP contribution in [-0.2, 0) is 10.5 Å². The number of carbonyl (C=O) groups excluding carboxylic acids is 1. The molecule has 0 atom stereocenters. The van der Waals surface area contributed by atoms with Crippen LogP contribution in [0.1, 0.15) is 50.6 Å². The predicted molar refractivity (Wildman–Crippen MR) is 103 cm³/mol. The molecule has 1 amide bonds. The second-order valence-corrected chi connectivity index (χ2v) is 8.60. The van der Waals surface area contributed by atoms with Crippen LogP contribution in [0.3, 0.4) is 0 Å². The molecule has 152 valence electrons. The number of hydrogen-bond acceptors (Lipinski definition) is 6. The van der Waals surface area contributed by atoms with Crippen LogP contribution in [0.25, 0.3) is 0 Å². The molecule has 4 rings (SSSR count). The van der Waals surface area contributed by atoms with E-state index in [1.54, 1.807) is 6.20 Å². The Bertz CT molecular complexity index is 705. The Morgan fingerprint density at radius 2 is 2.07 bits per heavy atom. The first-order valence-electron chi connectivity index (χ1n) is 10.2. The Labute approximate surface area is 166 Å². The minimum Gasteiger partial charge on any atom is -0.450 e. The van der Waals surface area contributed by atoms with Gasteiger partial charge in [-0.15, -0.1) is 0 Å². The molecule has 0 aromatic carbocycles. The van der Waals surface area contributed by atoms with Crippen LogP contribution in [0.2, 0.25) is 0 Å². The van der Waals surface area contributed by atoms with E-state index in [1.807, 2.05) is 17.9 Å². The van der Waals surface area contributed by atoms with Gasteiger partial charge in [-0.1, -0.05) is 0 Å². The lowest BCUT2D eigenvalue weighted by atomic mass is 9.64. The van der Waals surface area contributed by atoms with Gasteiger partial charge in [0.1, 0.15) is 0 Å². The van der Waals surface area contributed by atoms with Crippen molar-refractivity contribution < 1.29 is 19.7 Å². The second kappa shape index (κ2) is 7.35. The monoisotopic (exact) mass is 388 g/mol. The third kappa shape index (κ3) is 3.67. The number of carbonyl (C=O) groups is 1. The van der Waals surface area contributed by atoms with Gasteiger partial charge in [0, 0.05) is 36.9 Å². The van der Waals surface area contributed by atoms with Crippen molar-refractivity contribution in [2.24, 2.45) is 5.41 Å². The van der Waals surface area contributed by atoms with Gasteiger partial charge in [0.15, 0.2) is 7.85 Å². The first kappa shape index (κ1) is 19.7. The summed E-state index contributed by atoms with van der Waals surface area (Å²) in [4.78, 5) is 16.3.